The second kappa shape index (κ2) is 7.19. The fraction of sp³-hybridized carbons (Fsp3) is 0.421. The fourth-order valence-corrected chi connectivity index (χ4v) is 3.11. The van der Waals surface area contributed by atoms with E-state index in [1.54, 1.807) is 0 Å². The van der Waals surface area contributed by atoms with Crippen LogP contribution in [0.2, 0.25) is 0 Å². The van der Waals surface area contributed by atoms with E-state index in [0.717, 1.165) is 49.0 Å². The minimum absolute atomic E-state index is 0.262. The Morgan fingerprint density at radius 3 is 2.88 bits per heavy atom. The third-order valence-corrected chi connectivity index (χ3v) is 4.44. The van der Waals surface area contributed by atoms with Crippen molar-refractivity contribution < 1.29 is 9.26 Å². The number of rotatable bonds is 6. The molecular weight excluding hydrogens is 316 g/mol. The third-order valence-electron chi connectivity index (χ3n) is 4.44. The Labute approximate surface area is 146 Å². The van der Waals surface area contributed by atoms with E-state index in [0.29, 0.717) is 13.2 Å². The molecular formula is C19H22N4O2. The van der Waals surface area contributed by atoms with Crippen LogP contribution in [0.3, 0.4) is 0 Å². The number of hydrogen-bond acceptors (Lipinski definition) is 5. The molecule has 0 spiro atoms. The van der Waals surface area contributed by atoms with Gasteiger partial charge in [0, 0.05) is 25.0 Å². The summed E-state index contributed by atoms with van der Waals surface area (Å²) in [5.74, 6) is 2.75. The first-order valence-electron chi connectivity index (χ1n) is 8.86. The van der Waals surface area contributed by atoms with Gasteiger partial charge in [0.25, 0.3) is 0 Å². The van der Waals surface area contributed by atoms with Crippen LogP contribution in [0, 0.1) is 0 Å². The van der Waals surface area contributed by atoms with Crippen LogP contribution >= 0.6 is 0 Å². The Hall–Kier alpha value is -2.47. The van der Waals surface area contributed by atoms with Crippen LogP contribution in [0.25, 0.3) is 11.5 Å². The molecule has 1 atom stereocenters. The summed E-state index contributed by atoms with van der Waals surface area (Å²) in [6.07, 6.45) is 2.87. The lowest BCUT2D eigenvalue weighted by Crippen LogP contribution is -2.06. The number of aromatic nitrogens is 4. The van der Waals surface area contributed by atoms with Crippen molar-refractivity contribution in [3.63, 3.8) is 0 Å². The lowest BCUT2D eigenvalue weighted by atomic mass is 10.1. The van der Waals surface area contributed by atoms with E-state index >= 15 is 0 Å². The van der Waals surface area contributed by atoms with Gasteiger partial charge >= 0.3 is 0 Å². The van der Waals surface area contributed by atoms with Crippen molar-refractivity contribution >= 4 is 0 Å². The van der Waals surface area contributed by atoms with Gasteiger partial charge in [0.05, 0.1) is 13.2 Å². The van der Waals surface area contributed by atoms with Crippen molar-refractivity contribution in [1.29, 1.82) is 0 Å². The molecule has 0 N–H and O–H groups in total. The highest BCUT2D eigenvalue weighted by molar-refractivity contribution is 5.49. The summed E-state index contributed by atoms with van der Waals surface area (Å²) >= 11 is 0. The first-order valence-corrected chi connectivity index (χ1v) is 8.86. The average Bonchev–Trinajstić information content (AvgIpc) is 3.36. The van der Waals surface area contributed by atoms with Crippen LogP contribution in [-0.2, 0) is 17.7 Å². The highest BCUT2D eigenvalue weighted by Gasteiger charge is 2.25. The number of hydrogen-bond donors (Lipinski definition) is 0. The zero-order valence-electron chi connectivity index (χ0n) is 14.4. The molecule has 1 saturated heterocycles. The monoisotopic (exact) mass is 338 g/mol. The SMILES string of the molecule is CCCc1cc(-c2nc(C3CCOC3)nn2Cc2ccccc2)no1. The van der Waals surface area contributed by atoms with Crippen LogP contribution in [0.15, 0.2) is 40.9 Å². The molecule has 3 heterocycles. The molecule has 0 bridgehead atoms. The van der Waals surface area contributed by atoms with Gasteiger partial charge in [-0.25, -0.2) is 9.67 Å². The van der Waals surface area contributed by atoms with E-state index < -0.39 is 0 Å². The van der Waals surface area contributed by atoms with Crippen molar-refractivity contribution in [1.82, 2.24) is 19.9 Å². The molecule has 130 valence electrons. The van der Waals surface area contributed by atoms with E-state index in [1.165, 1.54) is 5.56 Å². The van der Waals surface area contributed by atoms with Crippen molar-refractivity contribution in [2.45, 2.75) is 38.6 Å². The largest absolute Gasteiger partial charge is 0.381 e. The Kier molecular flexibility index (Phi) is 4.61. The van der Waals surface area contributed by atoms with Crippen LogP contribution in [0.1, 0.15) is 42.8 Å². The van der Waals surface area contributed by atoms with Gasteiger partial charge in [-0.2, -0.15) is 5.10 Å². The molecule has 25 heavy (non-hydrogen) atoms. The zero-order valence-corrected chi connectivity index (χ0v) is 14.4. The summed E-state index contributed by atoms with van der Waals surface area (Å²) in [4.78, 5) is 4.78. The summed E-state index contributed by atoms with van der Waals surface area (Å²) in [7, 11) is 0. The predicted molar refractivity (Wildman–Crippen MR) is 93.2 cm³/mol. The van der Waals surface area contributed by atoms with Gasteiger partial charge in [-0.1, -0.05) is 42.4 Å². The molecule has 6 heteroatoms. The number of nitrogens with zero attached hydrogens (tertiary/aromatic N) is 4. The Bertz CT molecular complexity index is 819. The van der Waals surface area contributed by atoms with Gasteiger partial charge in [-0.3, -0.25) is 0 Å². The molecule has 1 fully saturated rings. The van der Waals surface area contributed by atoms with Crippen molar-refractivity contribution in [3.8, 4) is 11.5 Å². The Morgan fingerprint density at radius 2 is 2.12 bits per heavy atom. The highest BCUT2D eigenvalue weighted by atomic mass is 16.5. The van der Waals surface area contributed by atoms with Gasteiger partial charge in [-0.15, -0.1) is 0 Å². The lowest BCUT2D eigenvalue weighted by Gasteiger charge is -2.04. The van der Waals surface area contributed by atoms with Gasteiger partial charge < -0.3 is 9.26 Å². The summed E-state index contributed by atoms with van der Waals surface area (Å²) < 4.78 is 12.9. The second-order valence-corrected chi connectivity index (χ2v) is 6.43. The Balaban J connectivity index is 1.69. The normalized spacial score (nSPS) is 17.2. The number of ether oxygens (including phenoxy) is 1. The molecule has 0 aliphatic carbocycles. The maximum atomic E-state index is 5.50. The lowest BCUT2D eigenvalue weighted by molar-refractivity contribution is 0.193. The number of benzene rings is 1. The van der Waals surface area contributed by atoms with E-state index in [9.17, 15) is 0 Å². The highest BCUT2D eigenvalue weighted by Crippen LogP contribution is 2.26. The summed E-state index contributed by atoms with van der Waals surface area (Å²) in [6.45, 7) is 4.25. The smallest absolute Gasteiger partial charge is 0.180 e. The number of aryl methyl sites for hydroxylation is 1. The first-order chi connectivity index (χ1) is 12.3. The van der Waals surface area contributed by atoms with Crippen LogP contribution in [-0.4, -0.2) is 33.1 Å². The minimum atomic E-state index is 0.262. The molecule has 1 aliphatic rings. The quantitative estimate of drug-likeness (QED) is 0.689. The van der Waals surface area contributed by atoms with Crippen LogP contribution < -0.4 is 0 Å². The topological polar surface area (TPSA) is 66.0 Å². The molecule has 1 aliphatic heterocycles. The maximum Gasteiger partial charge on any atom is 0.180 e. The maximum absolute atomic E-state index is 5.50. The van der Waals surface area contributed by atoms with Crippen LogP contribution in [0.4, 0.5) is 0 Å². The fourth-order valence-electron chi connectivity index (χ4n) is 3.11. The molecule has 3 aromatic rings. The molecule has 2 aromatic heterocycles. The molecule has 0 saturated carbocycles. The second-order valence-electron chi connectivity index (χ2n) is 6.43. The summed E-state index contributed by atoms with van der Waals surface area (Å²) in [5.41, 5.74) is 1.93. The first kappa shape index (κ1) is 16.0. The summed E-state index contributed by atoms with van der Waals surface area (Å²) in [6, 6.07) is 12.2. The Morgan fingerprint density at radius 1 is 1.24 bits per heavy atom. The minimum Gasteiger partial charge on any atom is -0.381 e. The van der Waals surface area contributed by atoms with Crippen molar-refractivity contribution in [3.05, 3.63) is 53.5 Å². The van der Waals surface area contributed by atoms with E-state index in [-0.39, 0.29) is 5.92 Å². The predicted octanol–water partition coefficient (Wildman–Crippen LogP) is 3.44. The van der Waals surface area contributed by atoms with E-state index in [2.05, 4.69) is 24.2 Å². The molecule has 4 rings (SSSR count). The zero-order chi connectivity index (χ0) is 17.1. The molecule has 0 radical (unpaired) electrons. The van der Waals surface area contributed by atoms with E-state index in [4.69, 9.17) is 19.3 Å². The third kappa shape index (κ3) is 3.49. The molecule has 1 unspecified atom stereocenters. The van der Waals surface area contributed by atoms with E-state index in [1.807, 2.05) is 28.9 Å². The van der Waals surface area contributed by atoms with Crippen LogP contribution in [0.5, 0.6) is 0 Å². The van der Waals surface area contributed by atoms with Gasteiger partial charge in [0.15, 0.2) is 17.3 Å². The molecule has 1 aromatic carbocycles. The average molecular weight is 338 g/mol. The van der Waals surface area contributed by atoms with Gasteiger partial charge in [0.2, 0.25) is 0 Å². The summed E-state index contributed by atoms with van der Waals surface area (Å²) in [5, 5.41) is 8.98. The van der Waals surface area contributed by atoms with Gasteiger partial charge in [-0.05, 0) is 18.4 Å². The van der Waals surface area contributed by atoms with Crippen molar-refractivity contribution in [2.75, 3.05) is 13.2 Å². The molecule has 6 nitrogen and oxygen atoms in total. The molecule has 0 amide bonds. The standard InChI is InChI=1S/C19H22N4O2/c1-2-6-16-11-17(22-25-16)19-20-18(15-9-10-24-13-15)21-23(19)12-14-7-4-3-5-8-14/h3-5,7-8,11,15H,2,6,9-10,12-13H2,1H3. The van der Waals surface area contributed by atoms with Crippen molar-refractivity contribution in [2.24, 2.45) is 0 Å². The van der Waals surface area contributed by atoms with Gasteiger partial charge in [0.1, 0.15) is 5.76 Å².